The highest BCUT2D eigenvalue weighted by Crippen LogP contribution is 2.27. The lowest BCUT2D eigenvalue weighted by Gasteiger charge is -2.20. The van der Waals surface area contributed by atoms with Crippen LogP contribution in [0.2, 0.25) is 0 Å². The minimum atomic E-state index is 0.0992. The summed E-state index contributed by atoms with van der Waals surface area (Å²) in [6.07, 6.45) is 8.27. The van der Waals surface area contributed by atoms with Gasteiger partial charge in [0.15, 0.2) is 5.82 Å². The Labute approximate surface area is 93.5 Å². The SMILES string of the molecule is NC1CCCc2nc(-c3ccoc3)ncc21. The molecule has 1 atom stereocenters. The van der Waals surface area contributed by atoms with E-state index < -0.39 is 0 Å². The van der Waals surface area contributed by atoms with Gasteiger partial charge in [-0.05, 0) is 25.3 Å². The fraction of sp³-hybridized carbons (Fsp3) is 0.333. The van der Waals surface area contributed by atoms with E-state index in [-0.39, 0.29) is 6.04 Å². The molecular formula is C12H13N3O. The van der Waals surface area contributed by atoms with E-state index in [4.69, 9.17) is 10.2 Å². The third-order valence-electron chi connectivity index (χ3n) is 3.01. The van der Waals surface area contributed by atoms with Crippen molar-refractivity contribution in [2.45, 2.75) is 25.3 Å². The Kier molecular flexibility index (Phi) is 2.22. The second-order valence-corrected chi connectivity index (χ2v) is 4.11. The second kappa shape index (κ2) is 3.72. The van der Waals surface area contributed by atoms with Crippen molar-refractivity contribution in [3.05, 3.63) is 36.0 Å². The molecule has 4 nitrogen and oxygen atoms in total. The maximum Gasteiger partial charge on any atom is 0.162 e. The molecule has 0 saturated heterocycles. The van der Waals surface area contributed by atoms with E-state index in [1.807, 2.05) is 12.3 Å². The topological polar surface area (TPSA) is 64.9 Å². The van der Waals surface area contributed by atoms with Crippen LogP contribution >= 0.6 is 0 Å². The van der Waals surface area contributed by atoms with Crippen molar-refractivity contribution in [1.82, 2.24) is 9.97 Å². The van der Waals surface area contributed by atoms with E-state index in [1.165, 1.54) is 0 Å². The number of nitrogens with two attached hydrogens (primary N) is 1. The van der Waals surface area contributed by atoms with Crippen LogP contribution in [0.5, 0.6) is 0 Å². The number of aryl methyl sites for hydroxylation is 1. The molecule has 0 radical (unpaired) electrons. The molecule has 16 heavy (non-hydrogen) atoms. The normalized spacial score (nSPS) is 19.4. The largest absolute Gasteiger partial charge is 0.472 e. The first-order valence-corrected chi connectivity index (χ1v) is 5.48. The van der Waals surface area contributed by atoms with E-state index >= 15 is 0 Å². The minimum absolute atomic E-state index is 0.0992. The summed E-state index contributed by atoms with van der Waals surface area (Å²) >= 11 is 0. The van der Waals surface area contributed by atoms with Gasteiger partial charge in [-0.25, -0.2) is 9.97 Å². The zero-order valence-electron chi connectivity index (χ0n) is 8.89. The first-order chi connectivity index (χ1) is 7.84. The van der Waals surface area contributed by atoms with Crippen LogP contribution < -0.4 is 5.73 Å². The Morgan fingerprint density at radius 3 is 3.19 bits per heavy atom. The zero-order chi connectivity index (χ0) is 11.0. The van der Waals surface area contributed by atoms with Crippen LogP contribution in [0.4, 0.5) is 0 Å². The Morgan fingerprint density at radius 1 is 1.44 bits per heavy atom. The number of fused-ring (bicyclic) bond motifs is 1. The third kappa shape index (κ3) is 1.51. The van der Waals surface area contributed by atoms with Gasteiger partial charge in [0.05, 0.1) is 11.8 Å². The van der Waals surface area contributed by atoms with Gasteiger partial charge in [0.2, 0.25) is 0 Å². The molecule has 2 N–H and O–H groups in total. The molecule has 1 aliphatic carbocycles. The van der Waals surface area contributed by atoms with Crippen LogP contribution in [-0.4, -0.2) is 9.97 Å². The van der Waals surface area contributed by atoms with Gasteiger partial charge in [0.1, 0.15) is 6.26 Å². The number of rotatable bonds is 1. The lowest BCUT2D eigenvalue weighted by molar-refractivity contribution is 0.556. The van der Waals surface area contributed by atoms with Crippen molar-refractivity contribution >= 4 is 0 Å². The molecule has 1 unspecified atom stereocenters. The van der Waals surface area contributed by atoms with Gasteiger partial charge in [-0.2, -0.15) is 0 Å². The summed E-state index contributed by atoms with van der Waals surface area (Å²) in [5.41, 5.74) is 9.12. The van der Waals surface area contributed by atoms with Gasteiger partial charge in [-0.15, -0.1) is 0 Å². The molecule has 82 valence electrons. The number of aromatic nitrogens is 2. The molecule has 1 aliphatic rings. The molecule has 0 saturated carbocycles. The molecule has 4 heteroatoms. The van der Waals surface area contributed by atoms with Gasteiger partial charge >= 0.3 is 0 Å². The van der Waals surface area contributed by atoms with Gasteiger partial charge in [-0.3, -0.25) is 0 Å². The van der Waals surface area contributed by atoms with Gasteiger partial charge in [0, 0.05) is 23.5 Å². The van der Waals surface area contributed by atoms with E-state index in [0.717, 1.165) is 41.9 Å². The summed E-state index contributed by atoms with van der Waals surface area (Å²) in [5, 5.41) is 0. The molecule has 2 heterocycles. The summed E-state index contributed by atoms with van der Waals surface area (Å²) in [5.74, 6) is 0.724. The highest BCUT2D eigenvalue weighted by Gasteiger charge is 2.19. The molecule has 0 spiro atoms. The summed E-state index contributed by atoms with van der Waals surface area (Å²) in [6.45, 7) is 0. The van der Waals surface area contributed by atoms with E-state index in [0.29, 0.717) is 0 Å². The van der Waals surface area contributed by atoms with Crippen LogP contribution in [0.1, 0.15) is 30.1 Å². The maximum absolute atomic E-state index is 6.02. The Balaban J connectivity index is 2.05. The molecule has 0 fully saturated rings. The summed E-state index contributed by atoms with van der Waals surface area (Å²) in [7, 11) is 0. The number of hydrogen-bond donors (Lipinski definition) is 1. The lowest BCUT2D eigenvalue weighted by atomic mass is 9.93. The zero-order valence-corrected chi connectivity index (χ0v) is 8.89. The van der Waals surface area contributed by atoms with Crippen LogP contribution in [0.15, 0.2) is 29.2 Å². The van der Waals surface area contributed by atoms with Crippen molar-refractivity contribution < 1.29 is 4.42 Å². The molecular weight excluding hydrogens is 202 g/mol. The van der Waals surface area contributed by atoms with E-state index in [2.05, 4.69) is 9.97 Å². The van der Waals surface area contributed by atoms with E-state index in [9.17, 15) is 0 Å². The highest BCUT2D eigenvalue weighted by atomic mass is 16.3. The van der Waals surface area contributed by atoms with Crippen molar-refractivity contribution in [2.75, 3.05) is 0 Å². The Bertz CT molecular complexity index is 493. The number of furan rings is 1. The lowest BCUT2D eigenvalue weighted by Crippen LogP contribution is -2.19. The highest BCUT2D eigenvalue weighted by molar-refractivity contribution is 5.53. The molecule has 0 aliphatic heterocycles. The quantitative estimate of drug-likeness (QED) is 0.790. The first kappa shape index (κ1) is 9.54. The summed E-state index contributed by atoms with van der Waals surface area (Å²) < 4.78 is 5.03. The molecule has 0 aromatic carbocycles. The van der Waals surface area contributed by atoms with Crippen LogP contribution in [0.25, 0.3) is 11.4 Å². The molecule has 0 bridgehead atoms. The van der Waals surface area contributed by atoms with Crippen molar-refractivity contribution in [3.63, 3.8) is 0 Å². The average Bonchev–Trinajstić information content (AvgIpc) is 2.82. The molecule has 3 rings (SSSR count). The van der Waals surface area contributed by atoms with Crippen LogP contribution in [0.3, 0.4) is 0 Å². The van der Waals surface area contributed by atoms with Gasteiger partial charge in [0.25, 0.3) is 0 Å². The summed E-state index contributed by atoms with van der Waals surface area (Å²) in [6, 6.07) is 1.96. The predicted molar refractivity (Wildman–Crippen MR) is 59.6 cm³/mol. The predicted octanol–water partition coefficient (Wildman–Crippen LogP) is 2.07. The molecule has 0 amide bonds. The van der Waals surface area contributed by atoms with Crippen LogP contribution in [0, 0.1) is 0 Å². The number of nitrogens with zero attached hydrogens (tertiary/aromatic N) is 2. The van der Waals surface area contributed by atoms with Gasteiger partial charge < -0.3 is 10.2 Å². The number of hydrogen-bond acceptors (Lipinski definition) is 4. The van der Waals surface area contributed by atoms with Crippen molar-refractivity contribution in [2.24, 2.45) is 5.73 Å². The molecule has 2 aromatic rings. The fourth-order valence-electron chi connectivity index (χ4n) is 2.11. The summed E-state index contributed by atoms with van der Waals surface area (Å²) in [4.78, 5) is 8.89. The smallest absolute Gasteiger partial charge is 0.162 e. The standard InChI is InChI=1S/C12H13N3O/c13-10-2-1-3-11-9(10)6-14-12(15-11)8-4-5-16-7-8/h4-7,10H,1-3,13H2. The monoisotopic (exact) mass is 215 g/mol. The third-order valence-corrected chi connectivity index (χ3v) is 3.01. The maximum atomic E-state index is 6.02. The minimum Gasteiger partial charge on any atom is -0.472 e. The van der Waals surface area contributed by atoms with Crippen LogP contribution in [-0.2, 0) is 6.42 Å². The molecule has 2 aromatic heterocycles. The Hall–Kier alpha value is -1.68. The van der Waals surface area contributed by atoms with Crippen molar-refractivity contribution in [1.29, 1.82) is 0 Å². The van der Waals surface area contributed by atoms with Gasteiger partial charge in [-0.1, -0.05) is 0 Å². The average molecular weight is 215 g/mol. The Morgan fingerprint density at radius 2 is 2.38 bits per heavy atom. The van der Waals surface area contributed by atoms with Crippen molar-refractivity contribution in [3.8, 4) is 11.4 Å². The second-order valence-electron chi connectivity index (χ2n) is 4.11. The first-order valence-electron chi connectivity index (χ1n) is 5.48. The van der Waals surface area contributed by atoms with E-state index in [1.54, 1.807) is 12.5 Å². The fourth-order valence-corrected chi connectivity index (χ4v) is 2.11.